The van der Waals surface area contributed by atoms with Crippen LogP contribution < -0.4 is 10.6 Å². The van der Waals surface area contributed by atoms with Gasteiger partial charge in [0.2, 0.25) is 5.91 Å². The third kappa shape index (κ3) is 5.82. The zero-order valence-corrected chi connectivity index (χ0v) is 19.1. The first-order valence-corrected chi connectivity index (χ1v) is 11.6. The maximum absolute atomic E-state index is 12.5. The number of nitrogens with zero attached hydrogens (tertiary/aromatic N) is 3. The Kier molecular flexibility index (Phi) is 7.71. The first-order valence-electron chi connectivity index (χ1n) is 9.82. The van der Waals surface area contributed by atoms with Gasteiger partial charge in [0.1, 0.15) is 0 Å². The van der Waals surface area contributed by atoms with Crippen molar-refractivity contribution >= 4 is 39.5 Å². The van der Waals surface area contributed by atoms with E-state index in [2.05, 4.69) is 36.8 Å². The number of rotatable bonds is 7. The molecule has 1 atom stereocenters. The highest BCUT2D eigenvalue weighted by molar-refractivity contribution is 9.10. The summed E-state index contributed by atoms with van der Waals surface area (Å²) in [6.45, 7) is 1.86. The average molecular weight is 480 g/mol. The number of aromatic nitrogens is 3. The molecule has 2 amide bonds. The lowest BCUT2D eigenvalue weighted by Gasteiger charge is -2.22. The summed E-state index contributed by atoms with van der Waals surface area (Å²) in [4.78, 5) is 24.7. The summed E-state index contributed by atoms with van der Waals surface area (Å²) in [5, 5.41) is 15.1. The van der Waals surface area contributed by atoms with Crippen molar-refractivity contribution in [3.63, 3.8) is 0 Å². The maximum Gasteiger partial charge on any atom is 0.253 e. The molecule has 1 aromatic heterocycles. The van der Waals surface area contributed by atoms with Crippen LogP contribution in [0.25, 0.3) is 0 Å². The van der Waals surface area contributed by atoms with Gasteiger partial charge in [0.05, 0.1) is 17.4 Å². The van der Waals surface area contributed by atoms with Gasteiger partial charge in [-0.1, -0.05) is 43.2 Å². The van der Waals surface area contributed by atoms with Crippen molar-refractivity contribution in [3.8, 4) is 0 Å². The van der Waals surface area contributed by atoms with E-state index >= 15 is 0 Å². The highest BCUT2D eigenvalue weighted by Gasteiger charge is 2.21. The highest BCUT2D eigenvalue weighted by Crippen LogP contribution is 2.22. The fraction of sp³-hybridized carbons (Fsp3) is 0.500. The molecule has 9 heteroatoms. The van der Waals surface area contributed by atoms with Crippen molar-refractivity contribution in [3.05, 3.63) is 40.1 Å². The number of carbonyl (C=O) groups is 2. The van der Waals surface area contributed by atoms with E-state index in [1.807, 2.05) is 36.7 Å². The molecule has 0 aliphatic heterocycles. The molecular formula is C20H26BrN5O2S. The van der Waals surface area contributed by atoms with E-state index in [-0.39, 0.29) is 17.9 Å². The molecule has 0 radical (unpaired) electrons. The Morgan fingerprint density at radius 2 is 1.97 bits per heavy atom. The van der Waals surface area contributed by atoms with Crippen LogP contribution in [0.15, 0.2) is 33.9 Å². The molecule has 0 spiro atoms. The second-order valence-electron chi connectivity index (χ2n) is 7.27. The molecular weight excluding hydrogens is 454 g/mol. The van der Waals surface area contributed by atoms with E-state index in [0.29, 0.717) is 28.3 Å². The van der Waals surface area contributed by atoms with Crippen molar-refractivity contribution in [2.75, 3.05) is 5.75 Å². The maximum atomic E-state index is 12.5. The molecule has 2 aromatic rings. The molecule has 1 heterocycles. The zero-order chi connectivity index (χ0) is 20.8. The summed E-state index contributed by atoms with van der Waals surface area (Å²) < 4.78 is 2.56. The number of thioether (sulfide) groups is 1. The molecule has 0 unspecified atom stereocenters. The van der Waals surface area contributed by atoms with E-state index in [1.54, 1.807) is 6.07 Å². The van der Waals surface area contributed by atoms with Gasteiger partial charge >= 0.3 is 0 Å². The van der Waals surface area contributed by atoms with Crippen molar-refractivity contribution in [1.29, 1.82) is 0 Å². The van der Waals surface area contributed by atoms with E-state index in [1.165, 1.54) is 31.0 Å². The zero-order valence-electron chi connectivity index (χ0n) is 16.7. The van der Waals surface area contributed by atoms with Crippen molar-refractivity contribution in [2.24, 2.45) is 7.05 Å². The number of carbonyl (C=O) groups excluding carboxylic acids is 2. The first-order chi connectivity index (χ1) is 14.0. The number of benzene rings is 1. The third-order valence-corrected chi connectivity index (χ3v) is 6.74. The minimum Gasteiger partial charge on any atom is -0.353 e. The van der Waals surface area contributed by atoms with Crippen LogP contribution in [0.1, 0.15) is 61.3 Å². The van der Waals surface area contributed by atoms with Crippen LogP contribution in [0.3, 0.4) is 0 Å². The fourth-order valence-corrected chi connectivity index (χ4v) is 4.65. The lowest BCUT2D eigenvalue weighted by Crippen LogP contribution is -2.37. The highest BCUT2D eigenvalue weighted by atomic mass is 79.9. The minimum atomic E-state index is -0.322. The molecule has 1 fully saturated rings. The van der Waals surface area contributed by atoms with E-state index in [9.17, 15) is 9.59 Å². The summed E-state index contributed by atoms with van der Waals surface area (Å²) in [7, 11) is 1.85. The Morgan fingerprint density at radius 3 is 2.69 bits per heavy atom. The molecule has 1 aromatic carbocycles. The summed E-state index contributed by atoms with van der Waals surface area (Å²) in [6, 6.07) is 7.25. The summed E-state index contributed by atoms with van der Waals surface area (Å²) in [6.07, 6.45) is 5.78. The number of hydrogen-bond acceptors (Lipinski definition) is 5. The Morgan fingerprint density at radius 1 is 1.24 bits per heavy atom. The normalized spacial score (nSPS) is 15.7. The third-order valence-electron chi connectivity index (χ3n) is 5.02. The molecule has 1 aliphatic carbocycles. The van der Waals surface area contributed by atoms with Gasteiger partial charge in [0.25, 0.3) is 5.91 Å². The van der Waals surface area contributed by atoms with Gasteiger partial charge in [0, 0.05) is 17.6 Å². The van der Waals surface area contributed by atoms with Gasteiger partial charge in [-0.05, 0) is 47.8 Å². The molecule has 1 saturated carbocycles. The van der Waals surface area contributed by atoms with Gasteiger partial charge in [0.15, 0.2) is 11.0 Å². The first kappa shape index (κ1) is 21.8. The largest absolute Gasteiger partial charge is 0.353 e. The average Bonchev–Trinajstić information content (AvgIpc) is 3.08. The van der Waals surface area contributed by atoms with E-state index in [4.69, 9.17) is 0 Å². The van der Waals surface area contributed by atoms with Crippen LogP contribution in [0.5, 0.6) is 0 Å². The standard InChI is InChI=1S/C20H26BrN5O2S/c1-13(22-19(28)15-10-6-7-11-16(15)21)18-24-25-20(26(18)2)29-12-17(27)23-14-8-4-3-5-9-14/h6-7,10-11,13-14H,3-5,8-9,12H2,1-2H3,(H,22,28)(H,23,27)/t13-/m0/s1. The SMILES string of the molecule is C[C@H](NC(=O)c1ccccc1Br)c1nnc(SCC(=O)NC2CCCCC2)n1C. The molecule has 1 aliphatic rings. The molecule has 7 nitrogen and oxygen atoms in total. The number of nitrogens with one attached hydrogen (secondary N) is 2. The van der Waals surface area contributed by atoms with E-state index in [0.717, 1.165) is 17.3 Å². The van der Waals surface area contributed by atoms with Gasteiger partial charge in [-0.25, -0.2) is 0 Å². The molecule has 0 bridgehead atoms. The number of hydrogen-bond donors (Lipinski definition) is 2. The van der Waals surface area contributed by atoms with Crippen LogP contribution in [0.2, 0.25) is 0 Å². The van der Waals surface area contributed by atoms with Crippen LogP contribution in [0, 0.1) is 0 Å². The predicted octanol–water partition coefficient (Wildman–Crippen LogP) is 3.61. The van der Waals surface area contributed by atoms with Gasteiger partial charge in [-0.2, -0.15) is 0 Å². The quantitative estimate of drug-likeness (QED) is 0.592. The van der Waals surface area contributed by atoms with Crippen molar-refractivity contribution in [1.82, 2.24) is 25.4 Å². The Hall–Kier alpha value is -1.87. The summed E-state index contributed by atoms with van der Waals surface area (Å²) in [5.41, 5.74) is 0.565. The van der Waals surface area contributed by atoms with Gasteiger partial charge in [-0.3, -0.25) is 9.59 Å². The second kappa shape index (κ2) is 10.2. The number of halogens is 1. The second-order valence-corrected chi connectivity index (χ2v) is 9.06. The van der Waals surface area contributed by atoms with Crippen LogP contribution in [0.4, 0.5) is 0 Å². The summed E-state index contributed by atoms with van der Waals surface area (Å²) >= 11 is 4.75. The van der Waals surface area contributed by atoms with Crippen LogP contribution in [-0.4, -0.2) is 38.4 Å². The smallest absolute Gasteiger partial charge is 0.253 e. The molecule has 2 N–H and O–H groups in total. The van der Waals surface area contributed by atoms with Crippen molar-refractivity contribution < 1.29 is 9.59 Å². The molecule has 156 valence electrons. The Labute approximate surface area is 183 Å². The van der Waals surface area contributed by atoms with Gasteiger partial charge < -0.3 is 15.2 Å². The van der Waals surface area contributed by atoms with Crippen LogP contribution >= 0.6 is 27.7 Å². The van der Waals surface area contributed by atoms with Crippen molar-refractivity contribution in [2.45, 2.75) is 56.3 Å². The minimum absolute atomic E-state index is 0.0294. The Bertz CT molecular complexity index is 866. The van der Waals surface area contributed by atoms with Gasteiger partial charge in [-0.15, -0.1) is 10.2 Å². The molecule has 3 rings (SSSR count). The fourth-order valence-electron chi connectivity index (χ4n) is 3.46. The summed E-state index contributed by atoms with van der Waals surface area (Å²) in [5.74, 6) is 0.788. The van der Waals surface area contributed by atoms with Crippen LogP contribution in [-0.2, 0) is 11.8 Å². The lowest BCUT2D eigenvalue weighted by molar-refractivity contribution is -0.119. The predicted molar refractivity (Wildman–Crippen MR) is 117 cm³/mol. The number of amides is 2. The molecule has 29 heavy (non-hydrogen) atoms. The Balaban J connectivity index is 1.54. The lowest BCUT2D eigenvalue weighted by atomic mass is 9.95. The monoisotopic (exact) mass is 479 g/mol. The topological polar surface area (TPSA) is 88.9 Å². The molecule has 0 saturated heterocycles. The van der Waals surface area contributed by atoms with E-state index < -0.39 is 0 Å².